The summed E-state index contributed by atoms with van der Waals surface area (Å²) in [7, 11) is 0. The maximum atomic E-state index is 5.51. The zero-order valence-electron chi connectivity index (χ0n) is 17.9. The van der Waals surface area contributed by atoms with Gasteiger partial charge in [0.1, 0.15) is 0 Å². The first kappa shape index (κ1) is 23.4. The van der Waals surface area contributed by atoms with Crippen LogP contribution in [-0.4, -0.2) is 74.3 Å². The summed E-state index contributed by atoms with van der Waals surface area (Å²) in [6.07, 6.45) is 1.21. The smallest absolute Gasteiger partial charge is 0.193 e. The van der Waals surface area contributed by atoms with Crippen LogP contribution in [0.15, 0.2) is 29.3 Å². The third-order valence-electron chi connectivity index (χ3n) is 5.82. The fourth-order valence-electron chi connectivity index (χ4n) is 3.97. The summed E-state index contributed by atoms with van der Waals surface area (Å²) < 4.78 is 5.51. The monoisotopic (exact) mass is 500 g/mol. The number of guanidine groups is 1. The molecule has 1 aromatic carbocycles. The predicted octanol–water partition coefficient (Wildman–Crippen LogP) is 3.26. The topological polar surface area (TPSA) is 40.1 Å². The molecule has 1 N–H and O–H groups in total. The second-order valence-corrected chi connectivity index (χ2v) is 8.46. The Hall–Kier alpha value is -0.860. The van der Waals surface area contributed by atoms with Crippen LogP contribution in [0.3, 0.4) is 0 Å². The lowest BCUT2D eigenvalue weighted by Crippen LogP contribution is -2.47. The molecule has 2 saturated heterocycles. The summed E-state index contributed by atoms with van der Waals surface area (Å²) in [6, 6.07) is 9.49. The molecule has 3 rings (SSSR count). The SMILES string of the molecule is CCNC(=NCC(C)(C)c1ccc(C)cc1)N1CCC(N2CCOCC2)C1.I. The molecule has 1 aromatic rings. The van der Waals surface area contributed by atoms with Crippen LogP contribution in [0.25, 0.3) is 0 Å². The molecule has 2 aliphatic heterocycles. The van der Waals surface area contributed by atoms with E-state index in [9.17, 15) is 0 Å². The number of nitrogens with one attached hydrogen (secondary N) is 1. The van der Waals surface area contributed by atoms with Crippen LogP contribution in [0.4, 0.5) is 0 Å². The minimum Gasteiger partial charge on any atom is -0.379 e. The van der Waals surface area contributed by atoms with Gasteiger partial charge in [-0.3, -0.25) is 9.89 Å². The van der Waals surface area contributed by atoms with Gasteiger partial charge in [-0.1, -0.05) is 43.7 Å². The molecule has 6 heteroatoms. The number of benzene rings is 1. The molecule has 2 heterocycles. The van der Waals surface area contributed by atoms with Gasteiger partial charge in [0.15, 0.2) is 5.96 Å². The van der Waals surface area contributed by atoms with Gasteiger partial charge in [0, 0.05) is 44.2 Å². The van der Waals surface area contributed by atoms with Crippen LogP contribution < -0.4 is 5.32 Å². The van der Waals surface area contributed by atoms with Crippen molar-refractivity contribution in [3.05, 3.63) is 35.4 Å². The van der Waals surface area contributed by atoms with Gasteiger partial charge in [-0.15, -0.1) is 24.0 Å². The lowest BCUT2D eigenvalue weighted by atomic mass is 9.84. The second kappa shape index (κ2) is 10.8. The van der Waals surface area contributed by atoms with Crippen molar-refractivity contribution in [2.45, 2.75) is 45.6 Å². The van der Waals surface area contributed by atoms with Crippen molar-refractivity contribution in [3.8, 4) is 0 Å². The first-order chi connectivity index (χ1) is 13.0. The summed E-state index contributed by atoms with van der Waals surface area (Å²) >= 11 is 0. The molecule has 2 fully saturated rings. The van der Waals surface area contributed by atoms with E-state index in [0.29, 0.717) is 6.04 Å². The van der Waals surface area contributed by atoms with E-state index in [1.807, 2.05) is 0 Å². The van der Waals surface area contributed by atoms with E-state index in [1.165, 1.54) is 17.5 Å². The highest BCUT2D eigenvalue weighted by atomic mass is 127. The van der Waals surface area contributed by atoms with Crippen molar-refractivity contribution in [3.63, 3.8) is 0 Å². The molecule has 2 aliphatic rings. The first-order valence-electron chi connectivity index (χ1n) is 10.4. The lowest BCUT2D eigenvalue weighted by molar-refractivity contribution is 0.0195. The highest BCUT2D eigenvalue weighted by Gasteiger charge is 2.30. The summed E-state index contributed by atoms with van der Waals surface area (Å²) in [5.41, 5.74) is 2.68. The van der Waals surface area contributed by atoms with Crippen LogP contribution in [0, 0.1) is 6.92 Å². The van der Waals surface area contributed by atoms with Gasteiger partial charge < -0.3 is 15.0 Å². The Morgan fingerprint density at radius 3 is 2.50 bits per heavy atom. The Balaban J connectivity index is 0.00000280. The molecular formula is C22H37IN4O. The van der Waals surface area contributed by atoms with Gasteiger partial charge >= 0.3 is 0 Å². The van der Waals surface area contributed by atoms with Gasteiger partial charge in [0.25, 0.3) is 0 Å². The number of nitrogens with zero attached hydrogens (tertiary/aromatic N) is 3. The Morgan fingerprint density at radius 2 is 1.86 bits per heavy atom. The van der Waals surface area contributed by atoms with Crippen LogP contribution >= 0.6 is 24.0 Å². The number of ether oxygens (including phenoxy) is 1. The van der Waals surface area contributed by atoms with E-state index in [-0.39, 0.29) is 29.4 Å². The van der Waals surface area contributed by atoms with Gasteiger partial charge in [-0.25, -0.2) is 0 Å². The van der Waals surface area contributed by atoms with Crippen LogP contribution in [0.5, 0.6) is 0 Å². The molecule has 0 bridgehead atoms. The van der Waals surface area contributed by atoms with E-state index in [2.05, 4.69) is 67.1 Å². The minimum atomic E-state index is 0. The van der Waals surface area contributed by atoms with Crippen molar-refractivity contribution in [1.29, 1.82) is 0 Å². The highest BCUT2D eigenvalue weighted by molar-refractivity contribution is 14.0. The minimum absolute atomic E-state index is 0. The Kier molecular flexibility index (Phi) is 9.02. The molecule has 0 amide bonds. The van der Waals surface area contributed by atoms with Crippen molar-refractivity contribution >= 4 is 29.9 Å². The molecule has 28 heavy (non-hydrogen) atoms. The summed E-state index contributed by atoms with van der Waals surface area (Å²) in [5.74, 6) is 1.06. The molecule has 1 atom stereocenters. The predicted molar refractivity (Wildman–Crippen MR) is 128 cm³/mol. The average Bonchev–Trinajstić information content (AvgIpc) is 3.16. The Labute approximate surface area is 187 Å². The number of hydrogen-bond donors (Lipinski definition) is 1. The van der Waals surface area contributed by atoms with E-state index in [4.69, 9.17) is 9.73 Å². The van der Waals surface area contributed by atoms with Gasteiger partial charge in [0.05, 0.1) is 19.8 Å². The number of aryl methyl sites for hydroxylation is 1. The van der Waals surface area contributed by atoms with Gasteiger partial charge in [0.2, 0.25) is 0 Å². The van der Waals surface area contributed by atoms with Crippen LogP contribution in [0.1, 0.15) is 38.3 Å². The van der Waals surface area contributed by atoms with Crippen LogP contribution in [-0.2, 0) is 10.2 Å². The van der Waals surface area contributed by atoms with Crippen LogP contribution in [0.2, 0.25) is 0 Å². The summed E-state index contributed by atoms with van der Waals surface area (Å²) in [6.45, 7) is 16.6. The number of halogens is 1. The second-order valence-electron chi connectivity index (χ2n) is 8.46. The maximum Gasteiger partial charge on any atom is 0.193 e. The Bertz CT molecular complexity index is 626. The molecule has 0 saturated carbocycles. The van der Waals surface area contributed by atoms with E-state index in [0.717, 1.165) is 58.4 Å². The normalized spacial score (nSPS) is 21.5. The van der Waals surface area contributed by atoms with Gasteiger partial charge in [-0.2, -0.15) is 0 Å². The van der Waals surface area contributed by atoms with Crippen molar-refractivity contribution in [1.82, 2.24) is 15.1 Å². The molecule has 0 aliphatic carbocycles. The number of morpholine rings is 1. The highest BCUT2D eigenvalue weighted by Crippen LogP contribution is 2.24. The molecule has 5 nitrogen and oxygen atoms in total. The van der Waals surface area contributed by atoms with E-state index >= 15 is 0 Å². The van der Waals surface area contributed by atoms with Crippen molar-refractivity contribution in [2.24, 2.45) is 4.99 Å². The van der Waals surface area contributed by atoms with Crippen molar-refractivity contribution in [2.75, 3.05) is 52.5 Å². The summed E-state index contributed by atoms with van der Waals surface area (Å²) in [4.78, 5) is 10.1. The van der Waals surface area contributed by atoms with Crippen molar-refractivity contribution < 1.29 is 4.74 Å². The third-order valence-corrected chi connectivity index (χ3v) is 5.82. The molecular weight excluding hydrogens is 463 g/mol. The fraction of sp³-hybridized carbons (Fsp3) is 0.682. The molecule has 0 spiro atoms. The zero-order valence-corrected chi connectivity index (χ0v) is 20.2. The third kappa shape index (κ3) is 6.07. The van der Waals surface area contributed by atoms with E-state index in [1.54, 1.807) is 0 Å². The standard InChI is InChI=1S/C22H36N4O.HI/c1-5-23-21(24-17-22(3,4)19-8-6-18(2)7-9-19)26-11-10-20(16-26)25-12-14-27-15-13-25;/h6-9,20H,5,10-17H2,1-4H3,(H,23,24);1H. The number of likely N-dealkylation sites (tertiary alicyclic amines) is 1. The average molecular weight is 500 g/mol. The first-order valence-corrected chi connectivity index (χ1v) is 10.4. The molecule has 0 radical (unpaired) electrons. The molecule has 158 valence electrons. The molecule has 1 unspecified atom stereocenters. The number of aliphatic imine (C=N–C) groups is 1. The number of rotatable bonds is 5. The van der Waals surface area contributed by atoms with E-state index < -0.39 is 0 Å². The zero-order chi connectivity index (χ0) is 19.3. The van der Waals surface area contributed by atoms with Gasteiger partial charge in [-0.05, 0) is 25.8 Å². The maximum absolute atomic E-state index is 5.51. The molecule has 0 aromatic heterocycles. The number of hydrogen-bond acceptors (Lipinski definition) is 3. The fourth-order valence-corrected chi connectivity index (χ4v) is 3.97. The largest absolute Gasteiger partial charge is 0.379 e. The lowest BCUT2D eigenvalue weighted by Gasteiger charge is -2.32. The quantitative estimate of drug-likeness (QED) is 0.383. The summed E-state index contributed by atoms with van der Waals surface area (Å²) in [5, 5.41) is 3.51. The Morgan fingerprint density at radius 1 is 1.18 bits per heavy atom.